The SMILES string of the molecule is Cc1ccc2nc(C)c(C(=O)N(C)Cc3ccc(Br)s3)cc2c1. The number of aryl methyl sites for hydroxylation is 2. The Labute approximate surface area is 148 Å². The van der Waals surface area contributed by atoms with Crippen LogP contribution in [-0.4, -0.2) is 22.8 Å². The van der Waals surface area contributed by atoms with Crippen molar-refractivity contribution in [1.82, 2.24) is 9.88 Å². The third-order valence-corrected chi connectivity index (χ3v) is 5.37. The van der Waals surface area contributed by atoms with Crippen molar-refractivity contribution < 1.29 is 4.79 Å². The second-order valence-corrected chi connectivity index (χ2v) is 8.23. The van der Waals surface area contributed by atoms with Gasteiger partial charge in [-0.3, -0.25) is 9.78 Å². The summed E-state index contributed by atoms with van der Waals surface area (Å²) in [7, 11) is 1.83. The van der Waals surface area contributed by atoms with Crippen LogP contribution in [0.5, 0.6) is 0 Å². The van der Waals surface area contributed by atoms with E-state index in [1.807, 2.05) is 51.2 Å². The molecule has 2 heterocycles. The van der Waals surface area contributed by atoms with Crippen molar-refractivity contribution in [2.24, 2.45) is 0 Å². The van der Waals surface area contributed by atoms with Crippen molar-refractivity contribution in [3.63, 3.8) is 0 Å². The molecule has 0 radical (unpaired) electrons. The Kier molecular flexibility index (Phi) is 4.50. The van der Waals surface area contributed by atoms with E-state index >= 15 is 0 Å². The quantitative estimate of drug-likeness (QED) is 0.635. The van der Waals surface area contributed by atoms with Gasteiger partial charge in [-0.2, -0.15) is 0 Å². The molecule has 0 aliphatic heterocycles. The van der Waals surface area contributed by atoms with E-state index in [0.29, 0.717) is 12.1 Å². The lowest BCUT2D eigenvalue weighted by atomic mass is 10.1. The van der Waals surface area contributed by atoms with Crippen LogP contribution in [0.2, 0.25) is 0 Å². The third kappa shape index (κ3) is 3.46. The number of halogens is 1. The molecule has 5 heteroatoms. The lowest BCUT2D eigenvalue weighted by Crippen LogP contribution is -2.26. The molecule has 0 aliphatic rings. The van der Waals surface area contributed by atoms with Gasteiger partial charge in [0.1, 0.15) is 0 Å². The van der Waals surface area contributed by atoms with Crippen LogP contribution >= 0.6 is 27.3 Å². The van der Waals surface area contributed by atoms with Crippen LogP contribution in [-0.2, 0) is 6.54 Å². The van der Waals surface area contributed by atoms with Gasteiger partial charge in [0.25, 0.3) is 5.91 Å². The second kappa shape index (κ2) is 6.42. The molecule has 0 unspecified atom stereocenters. The second-order valence-electron chi connectivity index (χ2n) is 5.68. The number of nitrogens with zero attached hydrogens (tertiary/aromatic N) is 2. The summed E-state index contributed by atoms with van der Waals surface area (Å²) >= 11 is 5.10. The van der Waals surface area contributed by atoms with Gasteiger partial charge in [0.2, 0.25) is 0 Å². The average molecular weight is 389 g/mol. The summed E-state index contributed by atoms with van der Waals surface area (Å²) < 4.78 is 1.08. The standard InChI is InChI=1S/C18H17BrN2OS/c1-11-4-6-16-13(8-11)9-15(12(2)20-16)18(22)21(3)10-14-5-7-17(19)23-14/h4-9H,10H2,1-3H3. The first-order valence-corrected chi connectivity index (χ1v) is 8.92. The Balaban J connectivity index is 1.91. The molecule has 0 aliphatic carbocycles. The van der Waals surface area contributed by atoms with E-state index in [-0.39, 0.29) is 5.91 Å². The number of amides is 1. The summed E-state index contributed by atoms with van der Waals surface area (Å²) in [4.78, 5) is 20.3. The predicted molar refractivity (Wildman–Crippen MR) is 99.0 cm³/mol. The third-order valence-electron chi connectivity index (χ3n) is 3.76. The Morgan fingerprint density at radius 3 is 2.70 bits per heavy atom. The molecule has 0 bridgehead atoms. The van der Waals surface area contributed by atoms with Crippen molar-refractivity contribution in [2.75, 3.05) is 7.05 Å². The van der Waals surface area contributed by atoms with E-state index in [1.165, 1.54) is 5.56 Å². The van der Waals surface area contributed by atoms with Crippen LogP contribution < -0.4 is 0 Å². The molecule has 23 heavy (non-hydrogen) atoms. The van der Waals surface area contributed by atoms with E-state index in [9.17, 15) is 4.79 Å². The highest BCUT2D eigenvalue weighted by Crippen LogP contribution is 2.24. The molecule has 3 aromatic rings. The molecule has 0 fully saturated rings. The van der Waals surface area contributed by atoms with Gasteiger partial charge in [-0.05, 0) is 60.1 Å². The van der Waals surface area contributed by atoms with Gasteiger partial charge in [0, 0.05) is 17.3 Å². The summed E-state index contributed by atoms with van der Waals surface area (Å²) in [5, 5.41) is 1.01. The number of hydrogen-bond acceptors (Lipinski definition) is 3. The lowest BCUT2D eigenvalue weighted by molar-refractivity contribution is 0.0785. The van der Waals surface area contributed by atoms with Gasteiger partial charge in [-0.1, -0.05) is 11.6 Å². The van der Waals surface area contributed by atoms with Crippen molar-refractivity contribution >= 4 is 44.1 Å². The Bertz CT molecular complexity index is 888. The molecule has 0 saturated carbocycles. The maximum absolute atomic E-state index is 12.8. The van der Waals surface area contributed by atoms with E-state index in [2.05, 4.69) is 27.0 Å². The summed E-state index contributed by atoms with van der Waals surface area (Å²) in [6.07, 6.45) is 0. The van der Waals surface area contributed by atoms with Crippen LogP contribution in [0.1, 0.15) is 26.5 Å². The van der Waals surface area contributed by atoms with Crippen LogP contribution in [0.25, 0.3) is 10.9 Å². The summed E-state index contributed by atoms with van der Waals surface area (Å²) in [6.45, 7) is 4.53. The zero-order valence-electron chi connectivity index (χ0n) is 13.3. The van der Waals surface area contributed by atoms with E-state index in [4.69, 9.17) is 0 Å². The number of thiophene rings is 1. The fraction of sp³-hybridized carbons (Fsp3) is 0.222. The Morgan fingerprint density at radius 2 is 2.00 bits per heavy atom. The molecule has 118 valence electrons. The van der Waals surface area contributed by atoms with Crippen LogP contribution in [0.3, 0.4) is 0 Å². The average Bonchev–Trinajstić information content (AvgIpc) is 2.91. The molecule has 0 atom stereocenters. The molecular weight excluding hydrogens is 372 g/mol. The highest BCUT2D eigenvalue weighted by Gasteiger charge is 2.17. The van der Waals surface area contributed by atoms with Crippen LogP contribution in [0.4, 0.5) is 0 Å². The van der Waals surface area contributed by atoms with Gasteiger partial charge in [0.05, 0.1) is 27.1 Å². The highest BCUT2D eigenvalue weighted by atomic mass is 79.9. The molecule has 0 N–H and O–H groups in total. The fourth-order valence-electron chi connectivity index (χ4n) is 2.56. The Hall–Kier alpha value is -1.72. The number of fused-ring (bicyclic) bond motifs is 1. The molecule has 1 aromatic carbocycles. The normalized spacial score (nSPS) is 11.0. The molecule has 3 rings (SSSR count). The fourth-order valence-corrected chi connectivity index (χ4v) is 4.09. The predicted octanol–water partition coefficient (Wildman–Crippen LogP) is 4.95. The van der Waals surface area contributed by atoms with Crippen molar-refractivity contribution in [1.29, 1.82) is 0 Å². The van der Waals surface area contributed by atoms with Gasteiger partial charge in [-0.15, -0.1) is 11.3 Å². The number of hydrogen-bond donors (Lipinski definition) is 0. The molecule has 3 nitrogen and oxygen atoms in total. The van der Waals surface area contributed by atoms with E-state index < -0.39 is 0 Å². The largest absolute Gasteiger partial charge is 0.337 e. The van der Waals surface area contributed by atoms with Crippen molar-refractivity contribution in [2.45, 2.75) is 20.4 Å². The first-order chi connectivity index (χ1) is 10.9. The smallest absolute Gasteiger partial charge is 0.255 e. The summed E-state index contributed by atoms with van der Waals surface area (Å²) in [5.41, 5.74) is 3.53. The van der Waals surface area contributed by atoms with E-state index in [0.717, 1.165) is 25.3 Å². The van der Waals surface area contributed by atoms with Gasteiger partial charge in [0.15, 0.2) is 0 Å². The minimum Gasteiger partial charge on any atom is -0.337 e. The minimum atomic E-state index is 0.00271. The van der Waals surface area contributed by atoms with Crippen LogP contribution in [0.15, 0.2) is 40.2 Å². The first-order valence-electron chi connectivity index (χ1n) is 7.32. The minimum absolute atomic E-state index is 0.00271. The number of benzene rings is 1. The van der Waals surface area contributed by atoms with Gasteiger partial charge in [-0.25, -0.2) is 0 Å². The van der Waals surface area contributed by atoms with Crippen LogP contribution in [0, 0.1) is 13.8 Å². The number of aromatic nitrogens is 1. The zero-order chi connectivity index (χ0) is 16.6. The number of carbonyl (C=O) groups is 1. The Morgan fingerprint density at radius 1 is 1.22 bits per heavy atom. The van der Waals surface area contributed by atoms with Crippen molar-refractivity contribution in [3.05, 3.63) is 61.9 Å². The number of rotatable bonds is 3. The molecular formula is C18H17BrN2OS. The van der Waals surface area contributed by atoms with Gasteiger partial charge < -0.3 is 4.90 Å². The molecule has 2 aromatic heterocycles. The van der Waals surface area contributed by atoms with Crippen molar-refractivity contribution in [3.8, 4) is 0 Å². The zero-order valence-corrected chi connectivity index (χ0v) is 15.7. The monoisotopic (exact) mass is 388 g/mol. The molecule has 1 amide bonds. The number of carbonyl (C=O) groups excluding carboxylic acids is 1. The maximum Gasteiger partial charge on any atom is 0.255 e. The molecule has 0 saturated heterocycles. The molecule has 0 spiro atoms. The number of pyridine rings is 1. The maximum atomic E-state index is 12.8. The topological polar surface area (TPSA) is 33.2 Å². The van der Waals surface area contributed by atoms with E-state index in [1.54, 1.807) is 16.2 Å². The lowest BCUT2D eigenvalue weighted by Gasteiger charge is -2.17. The van der Waals surface area contributed by atoms with Gasteiger partial charge >= 0.3 is 0 Å². The first kappa shape index (κ1) is 16.1. The summed E-state index contributed by atoms with van der Waals surface area (Å²) in [5.74, 6) is 0.00271. The summed E-state index contributed by atoms with van der Waals surface area (Å²) in [6, 6.07) is 12.1. The highest BCUT2D eigenvalue weighted by molar-refractivity contribution is 9.11.